The second-order valence-corrected chi connectivity index (χ2v) is 2.98. The number of aromatic carboxylic acids is 1. The number of nitrogens with zero attached hydrogens (tertiary/aromatic N) is 2. The number of aromatic nitrogens is 2. The molecule has 0 aliphatic heterocycles. The number of aryl methyl sites for hydroxylation is 1. The Labute approximate surface area is 82.5 Å². The van der Waals surface area contributed by atoms with E-state index >= 15 is 0 Å². The predicted molar refractivity (Wildman–Crippen MR) is 52.0 cm³/mol. The normalized spacial score (nSPS) is 9.71. The maximum Gasteiger partial charge on any atom is 0.339 e. The molecule has 0 aliphatic carbocycles. The second-order valence-electron chi connectivity index (χ2n) is 2.98. The van der Waals surface area contributed by atoms with Crippen molar-refractivity contribution in [3.05, 3.63) is 17.5 Å². The topological polar surface area (TPSA) is 55.1 Å². The molecule has 0 fully saturated rings. The first-order valence-electron chi connectivity index (χ1n) is 4.36. The largest absolute Gasteiger partial charge is 0.478 e. The van der Waals surface area contributed by atoms with E-state index in [-0.39, 0.29) is 5.56 Å². The molecule has 0 atom stereocenters. The molecule has 74 valence electrons. The van der Waals surface area contributed by atoms with Gasteiger partial charge in [0, 0.05) is 18.7 Å². The van der Waals surface area contributed by atoms with Crippen molar-refractivity contribution in [1.29, 1.82) is 0 Å². The molecule has 14 heavy (non-hydrogen) atoms. The Morgan fingerprint density at radius 3 is 3.00 bits per heavy atom. The Kier molecular flexibility index (Phi) is 3.29. The van der Waals surface area contributed by atoms with Crippen LogP contribution in [0.3, 0.4) is 0 Å². The molecule has 4 heteroatoms. The smallest absolute Gasteiger partial charge is 0.339 e. The van der Waals surface area contributed by atoms with Crippen LogP contribution in [-0.4, -0.2) is 20.9 Å². The Bertz CT molecular complexity index is 374. The third-order valence-corrected chi connectivity index (χ3v) is 2.02. The van der Waals surface area contributed by atoms with Gasteiger partial charge in [-0.25, -0.2) is 4.79 Å². The van der Waals surface area contributed by atoms with Crippen molar-refractivity contribution >= 4 is 5.97 Å². The minimum atomic E-state index is -0.939. The molecule has 0 radical (unpaired) electrons. The highest BCUT2D eigenvalue weighted by atomic mass is 16.4. The molecule has 1 N–H and O–H groups in total. The zero-order valence-electron chi connectivity index (χ0n) is 8.03. The van der Waals surface area contributed by atoms with Gasteiger partial charge in [-0.15, -0.1) is 12.3 Å². The van der Waals surface area contributed by atoms with Crippen LogP contribution in [0, 0.1) is 19.3 Å². The van der Waals surface area contributed by atoms with Crippen LogP contribution in [0.25, 0.3) is 0 Å². The molecule has 1 aromatic rings. The lowest BCUT2D eigenvalue weighted by Crippen LogP contribution is -2.04. The van der Waals surface area contributed by atoms with Gasteiger partial charge in [-0.3, -0.25) is 4.68 Å². The number of carboxylic acid groups (broad SMARTS) is 1. The van der Waals surface area contributed by atoms with Crippen molar-refractivity contribution in [2.75, 3.05) is 0 Å². The molecule has 0 saturated heterocycles. The number of carboxylic acids is 1. The van der Waals surface area contributed by atoms with E-state index in [0.29, 0.717) is 18.7 Å². The van der Waals surface area contributed by atoms with E-state index < -0.39 is 5.97 Å². The van der Waals surface area contributed by atoms with E-state index in [2.05, 4.69) is 11.0 Å². The second kappa shape index (κ2) is 4.47. The number of hydrogen-bond donors (Lipinski definition) is 1. The summed E-state index contributed by atoms with van der Waals surface area (Å²) in [5.74, 6) is 1.59. The molecule has 0 aliphatic rings. The van der Waals surface area contributed by atoms with Gasteiger partial charge in [-0.1, -0.05) is 0 Å². The Balaban J connectivity index is 2.71. The molecule has 0 unspecified atom stereocenters. The zero-order valence-corrected chi connectivity index (χ0v) is 8.03. The Morgan fingerprint density at radius 2 is 2.50 bits per heavy atom. The van der Waals surface area contributed by atoms with Gasteiger partial charge in [-0.2, -0.15) is 5.10 Å². The molecule has 1 rings (SSSR count). The van der Waals surface area contributed by atoms with E-state index in [1.54, 1.807) is 11.6 Å². The first-order valence-corrected chi connectivity index (χ1v) is 4.36. The average Bonchev–Trinajstić information content (AvgIpc) is 2.48. The molecule has 1 aromatic heterocycles. The highest BCUT2D eigenvalue weighted by Gasteiger charge is 2.11. The molecular formula is C10H12N2O2. The summed E-state index contributed by atoms with van der Waals surface area (Å²) < 4.78 is 1.67. The molecule has 0 bridgehead atoms. The first kappa shape index (κ1) is 10.3. The predicted octanol–water partition coefficient (Wildman–Crippen LogP) is 1.30. The summed E-state index contributed by atoms with van der Waals surface area (Å²) in [6.07, 6.45) is 7.98. The lowest BCUT2D eigenvalue weighted by atomic mass is 10.2. The standard InChI is InChI=1S/C10H12N2O2/c1-3-4-5-6-12-8(2)9(7-11-12)10(13)14/h1,7H,4-6H2,2H3,(H,13,14). The van der Waals surface area contributed by atoms with Crippen molar-refractivity contribution in [3.8, 4) is 12.3 Å². The van der Waals surface area contributed by atoms with Crippen LogP contribution in [0.4, 0.5) is 0 Å². The fourth-order valence-corrected chi connectivity index (χ4v) is 1.21. The van der Waals surface area contributed by atoms with Crippen molar-refractivity contribution in [2.45, 2.75) is 26.3 Å². The molecule has 1 heterocycles. The third kappa shape index (κ3) is 2.13. The maximum atomic E-state index is 10.7. The molecular weight excluding hydrogens is 180 g/mol. The van der Waals surface area contributed by atoms with Gasteiger partial charge in [0.2, 0.25) is 0 Å². The number of unbranched alkanes of at least 4 members (excludes halogenated alkanes) is 1. The van der Waals surface area contributed by atoms with Gasteiger partial charge in [0.25, 0.3) is 0 Å². The maximum absolute atomic E-state index is 10.7. The molecule has 0 aromatic carbocycles. The average molecular weight is 192 g/mol. The van der Waals surface area contributed by atoms with Crippen LogP contribution < -0.4 is 0 Å². The van der Waals surface area contributed by atoms with Crippen LogP contribution in [0.15, 0.2) is 6.20 Å². The van der Waals surface area contributed by atoms with Crippen molar-refractivity contribution < 1.29 is 9.90 Å². The lowest BCUT2D eigenvalue weighted by molar-refractivity contribution is 0.0696. The van der Waals surface area contributed by atoms with Crippen molar-refractivity contribution in [1.82, 2.24) is 9.78 Å². The SMILES string of the molecule is C#CCCCn1ncc(C(=O)O)c1C. The van der Waals surface area contributed by atoms with E-state index in [1.807, 2.05) is 0 Å². The molecule has 0 spiro atoms. The fourth-order valence-electron chi connectivity index (χ4n) is 1.21. The Morgan fingerprint density at radius 1 is 1.79 bits per heavy atom. The van der Waals surface area contributed by atoms with Crippen LogP contribution in [0.2, 0.25) is 0 Å². The van der Waals surface area contributed by atoms with Gasteiger partial charge >= 0.3 is 5.97 Å². The highest BCUT2D eigenvalue weighted by molar-refractivity contribution is 5.88. The van der Waals surface area contributed by atoms with Crippen LogP contribution in [-0.2, 0) is 6.54 Å². The summed E-state index contributed by atoms with van der Waals surface area (Å²) in [6, 6.07) is 0. The Hall–Kier alpha value is -1.76. The molecule has 0 amide bonds. The van der Waals surface area contributed by atoms with Gasteiger partial charge in [0.15, 0.2) is 0 Å². The highest BCUT2D eigenvalue weighted by Crippen LogP contribution is 2.07. The minimum Gasteiger partial charge on any atom is -0.478 e. The van der Waals surface area contributed by atoms with Crippen LogP contribution in [0.1, 0.15) is 28.9 Å². The number of carbonyl (C=O) groups is 1. The molecule has 4 nitrogen and oxygen atoms in total. The number of terminal acetylenes is 1. The third-order valence-electron chi connectivity index (χ3n) is 2.02. The summed E-state index contributed by atoms with van der Waals surface area (Å²) in [5.41, 5.74) is 0.931. The van der Waals surface area contributed by atoms with Crippen molar-refractivity contribution in [3.63, 3.8) is 0 Å². The first-order chi connectivity index (χ1) is 6.66. The summed E-state index contributed by atoms with van der Waals surface area (Å²) in [7, 11) is 0. The molecule has 0 saturated carbocycles. The monoisotopic (exact) mass is 192 g/mol. The van der Waals surface area contributed by atoms with Gasteiger partial charge in [0.1, 0.15) is 5.56 Å². The van der Waals surface area contributed by atoms with E-state index in [9.17, 15) is 4.79 Å². The van der Waals surface area contributed by atoms with Crippen LogP contribution in [0.5, 0.6) is 0 Å². The summed E-state index contributed by atoms with van der Waals surface area (Å²) in [4.78, 5) is 10.7. The van der Waals surface area contributed by atoms with Gasteiger partial charge < -0.3 is 5.11 Å². The quantitative estimate of drug-likeness (QED) is 0.578. The van der Waals surface area contributed by atoms with E-state index in [1.165, 1.54) is 6.20 Å². The van der Waals surface area contributed by atoms with Gasteiger partial charge in [0.05, 0.1) is 6.20 Å². The minimum absolute atomic E-state index is 0.255. The zero-order chi connectivity index (χ0) is 10.6. The van der Waals surface area contributed by atoms with Crippen molar-refractivity contribution in [2.24, 2.45) is 0 Å². The number of rotatable bonds is 4. The van der Waals surface area contributed by atoms with Gasteiger partial charge in [-0.05, 0) is 13.3 Å². The number of hydrogen-bond acceptors (Lipinski definition) is 2. The fraction of sp³-hybridized carbons (Fsp3) is 0.400. The summed E-state index contributed by atoms with van der Waals surface area (Å²) in [5, 5.41) is 12.7. The summed E-state index contributed by atoms with van der Waals surface area (Å²) in [6.45, 7) is 2.41. The van der Waals surface area contributed by atoms with E-state index in [4.69, 9.17) is 11.5 Å². The van der Waals surface area contributed by atoms with E-state index in [0.717, 1.165) is 6.42 Å². The lowest BCUT2D eigenvalue weighted by Gasteiger charge is -2.02. The van der Waals surface area contributed by atoms with Crippen LogP contribution >= 0.6 is 0 Å². The summed E-state index contributed by atoms with van der Waals surface area (Å²) >= 11 is 0.